The number of anilines is 1. The average molecular weight is 150 g/mol. The van der Waals surface area contributed by atoms with E-state index in [1.165, 1.54) is 19.1 Å². The summed E-state index contributed by atoms with van der Waals surface area (Å²) in [6.07, 6.45) is 0. The molecule has 57 valence electrons. The Balaban J connectivity index is 2.74. The van der Waals surface area contributed by atoms with Gasteiger partial charge in [-0.3, -0.25) is 4.79 Å². The highest BCUT2D eigenvalue weighted by Gasteiger charge is 1.93. The van der Waals surface area contributed by atoms with Crippen LogP contribution in [0.4, 0.5) is 5.69 Å². The topological polar surface area (TPSA) is 49.3 Å². The van der Waals surface area contributed by atoms with E-state index in [0.29, 0.717) is 5.69 Å². The number of carbonyl (C=O) groups is 1. The number of phenolic OH excluding ortho intramolecular Hbond substituents is 1. The first-order valence-electron chi connectivity index (χ1n) is 3.17. The van der Waals surface area contributed by atoms with E-state index < -0.39 is 0 Å². The fraction of sp³-hybridized carbons (Fsp3) is 0.125. The Morgan fingerprint density at radius 3 is 2.82 bits per heavy atom. The lowest BCUT2D eigenvalue weighted by molar-refractivity contribution is -0.114. The fourth-order valence-electron chi connectivity index (χ4n) is 0.698. The van der Waals surface area contributed by atoms with Gasteiger partial charge in [-0.05, 0) is 18.2 Å². The second-order valence-electron chi connectivity index (χ2n) is 2.14. The predicted molar refractivity (Wildman–Crippen MR) is 41.2 cm³/mol. The molecule has 0 aliphatic carbocycles. The second-order valence-corrected chi connectivity index (χ2v) is 2.14. The van der Waals surface area contributed by atoms with Gasteiger partial charge in [0.25, 0.3) is 0 Å². The molecule has 11 heavy (non-hydrogen) atoms. The van der Waals surface area contributed by atoms with Gasteiger partial charge >= 0.3 is 0 Å². The fourth-order valence-corrected chi connectivity index (χ4v) is 0.698. The average Bonchev–Trinajstić information content (AvgIpc) is 1.93. The summed E-state index contributed by atoms with van der Waals surface area (Å²) in [4.78, 5) is 10.5. The summed E-state index contributed by atoms with van der Waals surface area (Å²) in [5.41, 5.74) is 0.635. The van der Waals surface area contributed by atoms with E-state index in [1.54, 1.807) is 6.07 Å². The monoisotopic (exact) mass is 150 g/mol. The van der Waals surface area contributed by atoms with Crippen molar-refractivity contribution < 1.29 is 9.90 Å². The summed E-state index contributed by atoms with van der Waals surface area (Å²) < 4.78 is 0. The van der Waals surface area contributed by atoms with Crippen LogP contribution in [-0.4, -0.2) is 11.0 Å². The number of aromatic hydroxyl groups is 1. The molecule has 0 bridgehead atoms. The lowest BCUT2D eigenvalue weighted by Gasteiger charge is -1.99. The van der Waals surface area contributed by atoms with Crippen molar-refractivity contribution in [2.75, 3.05) is 5.32 Å². The molecule has 1 rings (SSSR count). The Labute approximate surface area is 64.7 Å². The van der Waals surface area contributed by atoms with Crippen molar-refractivity contribution in [3.63, 3.8) is 0 Å². The number of rotatable bonds is 1. The molecule has 2 N–H and O–H groups in total. The summed E-state index contributed by atoms with van der Waals surface area (Å²) in [5.74, 6) is -0.0665. The molecule has 0 heterocycles. The van der Waals surface area contributed by atoms with E-state index in [2.05, 4.69) is 11.4 Å². The summed E-state index contributed by atoms with van der Waals surface area (Å²) in [6.45, 7) is 1.42. The number of nitrogens with one attached hydrogen (secondary N) is 1. The first-order chi connectivity index (χ1) is 5.18. The third-order valence-corrected chi connectivity index (χ3v) is 1.12. The maximum Gasteiger partial charge on any atom is 0.221 e. The van der Waals surface area contributed by atoms with Gasteiger partial charge in [0, 0.05) is 18.7 Å². The lowest BCUT2D eigenvalue weighted by Crippen LogP contribution is -2.04. The normalized spacial score (nSPS) is 9.18. The van der Waals surface area contributed by atoms with Gasteiger partial charge in [0.15, 0.2) is 0 Å². The van der Waals surface area contributed by atoms with Crippen LogP contribution >= 0.6 is 0 Å². The van der Waals surface area contributed by atoms with E-state index in [4.69, 9.17) is 5.11 Å². The summed E-state index contributed by atoms with van der Waals surface area (Å²) >= 11 is 0. The molecule has 1 amide bonds. The number of hydrogen-bond donors (Lipinski definition) is 2. The molecule has 1 radical (unpaired) electrons. The Kier molecular flexibility index (Phi) is 2.11. The molecule has 1 aromatic carbocycles. The zero-order valence-electron chi connectivity index (χ0n) is 6.09. The first kappa shape index (κ1) is 7.60. The Morgan fingerprint density at radius 1 is 1.64 bits per heavy atom. The minimum absolute atomic E-state index is 0.0686. The van der Waals surface area contributed by atoms with Gasteiger partial charge in [0.2, 0.25) is 5.91 Å². The molecule has 0 saturated heterocycles. The van der Waals surface area contributed by atoms with Crippen molar-refractivity contribution in [3.8, 4) is 5.75 Å². The zero-order chi connectivity index (χ0) is 8.27. The molecule has 0 fully saturated rings. The van der Waals surface area contributed by atoms with Gasteiger partial charge in [-0.15, -0.1) is 0 Å². The van der Waals surface area contributed by atoms with Crippen molar-refractivity contribution in [1.82, 2.24) is 0 Å². The van der Waals surface area contributed by atoms with Crippen LogP contribution in [0, 0.1) is 6.07 Å². The van der Waals surface area contributed by atoms with Gasteiger partial charge < -0.3 is 10.4 Å². The highest BCUT2D eigenvalue weighted by molar-refractivity contribution is 5.88. The van der Waals surface area contributed by atoms with Gasteiger partial charge in [-0.25, -0.2) is 0 Å². The van der Waals surface area contributed by atoms with Gasteiger partial charge in [0.05, 0.1) is 0 Å². The van der Waals surface area contributed by atoms with Crippen molar-refractivity contribution in [1.29, 1.82) is 0 Å². The van der Waals surface area contributed by atoms with Crippen molar-refractivity contribution >= 4 is 11.6 Å². The molecule has 0 aliphatic rings. The van der Waals surface area contributed by atoms with Gasteiger partial charge in [-0.1, -0.05) is 0 Å². The third kappa shape index (κ3) is 2.29. The van der Waals surface area contributed by atoms with Gasteiger partial charge in [0.1, 0.15) is 5.75 Å². The minimum atomic E-state index is -0.135. The molecular weight excluding hydrogens is 142 g/mol. The van der Waals surface area contributed by atoms with E-state index in [-0.39, 0.29) is 11.7 Å². The van der Waals surface area contributed by atoms with Crippen molar-refractivity contribution in [2.45, 2.75) is 6.92 Å². The molecule has 0 spiro atoms. The van der Waals surface area contributed by atoms with Crippen LogP contribution < -0.4 is 5.32 Å². The Morgan fingerprint density at radius 2 is 2.36 bits per heavy atom. The summed E-state index contributed by atoms with van der Waals surface area (Å²) in [6, 6.07) is 7.12. The molecule has 0 saturated carbocycles. The number of hydrogen-bond acceptors (Lipinski definition) is 2. The number of phenols is 1. The van der Waals surface area contributed by atoms with Gasteiger partial charge in [-0.2, -0.15) is 0 Å². The third-order valence-electron chi connectivity index (χ3n) is 1.12. The van der Waals surface area contributed by atoms with Crippen LogP contribution in [0.3, 0.4) is 0 Å². The van der Waals surface area contributed by atoms with Crippen LogP contribution in [0.25, 0.3) is 0 Å². The first-order valence-corrected chi connectivity index (χ1v) is 3.17. The van der Waals surface area contributed by atoms with Crippen molar-refractivity contribution in [2.24, 2.45) is 0 Å². The molecule has 0 aliphatic heterocycles. The van der Waals surface area contributed by atoms with E-state index in [0.717, 1.165) is 0 Å². The molecule has 3 heteroatoms. The van der Waals surface area contributed by atoms with Crippen molar-refractivity contribution in [3.05, 3.63) is 24.3 Å². The van der Waals surface area contributed by atoms with Crippen LogP contribution in [0.2, 0.25) is 0 Å². The predicted octanol–water partition coefficient (Wildman–Crippen LogP) is 1.15. The summed E-state index contributed by atoms with van der Waals surface area (Å²) in [5, 5.41) is 11.4. The number of amides is 1. The zero-order valence-corrected chi connectivity index (χ0v) is 6.09. The number of carbonyl (C=O) groups excluding carboxylic acids is 1. The quantitative estimate of drug-likeness (QED) is 0.590. The highest BCUT2D eigenvalue weighted by atomic mass is 16.3. The van der Waals surface area contributed by atoms with Crippen LogP contribution in [-0.2, 0) is 4.79 Å². The molecule has 0 aromatic heterocycles. The SMILES string of the molecule is CC(=O)Nc1c[c]c(O)cc1. The Bertz CT molecular complexity index is 253. The molecule has 1 aromatic rings. The van der Waals surface area contributed by atoms with Crippen LogP contribution in [0.1, 0.15) is 6.92 Å². The smallest absolute Gasteiger partial charge is 0.221 e. The standard InChI is InChI=1S/C8H8NO2/c1-6(10)9-7-2-4-8(11)5-3-7/h2-4,11H,1H3,(H,9,10). The maximum atomic E-state index is 10.5. The second kappa shape index (κ2) is 3.05. The maximum absolute atomic E-state index is 10.5. The van der Waals surface area contributed by atoms with E-state index in [9.17, 15) is 4.79 Å². The summed E-state index contributed by atoms with van der Waals surface area (Å²) in [7, 11) is 0. The Hall–Kier alpha value is -1.51. The van der Waals surface area contributed by atoms with Crippen LogP contribution in [0.5, 0.6) is 5.75 Å². The van der Waals surface area contributed by atoms with Crippen LogP contribution in [0.15, 0.2) is 18.2 Å². The molecule has 0 atom stereocenters. The minimum Gasteiger partial charge on any atom is -0.507 e. The van der Waals surface area contributed by atoms with E-state index >= 15 is 0 Å². The lowest BCUT2D eigenvalue weighted by atomic mass is 10.3. The highest BCUT2D eigenvalue weighted by Crippen LogP contribution is 2.12. The largest absolute Gasteiger partial charge is 0.507 e. The molecule has 3 nitrogen and oxygen atoms in total. The molecular formula is C8H8NO2. The molecule has 0 unspecified atom stereocenters. The van der Waals surface area contributed by atoms with E-state index in [1.807, 2.05) is 0 Å². The number of benzene rings is 1.